The van der Waals surface area contributed by atoms with Gasteiger partial charge in [0.2, 0.25) is 0 Å². The minimum Gasteiger partial charge on any atom is -0.394 e. The first-order valence-electron chi connectivity index (χ1n) is 6.96. The maximum absolute atomic E-state index is 8.40. The molecular formula is C13H30O7. The number of unbranched alkanes of at least 4 members (excludes halogenated alkanes) is 1. The number of aliphatic hydroxyl groups is 4. The fraction of sp³-hybridized carbons (Fsp3) is 1.00. The van der Waals surface area contributed by atoms with Crippen molar-refractivity contribution in [3.63, 3.8) is 0 Å². The minimum atomic E-state index is -0.954. The molecule has 4 N–H and O–H groups in total. The maximum atomic E-state index is 8.40. The van der Waals surface area contributed by atoms with Gasteiger partial charge in [-0.3, -0.25) is 0 Å². The van der Waals surface area contributed by atoms with E-state index in [1.54, 1.807) is 0 Å². The Balaban J connectivity index is 0. The molecule has 0 amide bonds. The molecule has 0 aromatic heterocycles. The van der Waals surface area contributed by atoms with Crippen molar-refractivity contribution in [2.45, 2.75) is 25.9 Å². The van der Waals surface area contributed by atoms with Gasteiger partial charge in [-0.15, -0.1) is 0 Å². The van der Waals surface area contributed by atoms with E-state index in [2.05, 4.69) is 6.92 Å². The van der Waals surface area contributed by atoms with Crippen LogP contribution in [0.25, 0.3) is 0 Å². The SMILES string of the molecule is CCCCOCCOCCOCCO.OCC(O)CO. The third kappa shape index (κ3) is 22.9. The molecule has 0 saturated heterocycles. The summed E-state index contributed by atoms with van der Waals surface area (Å²) in [5.74, 6) is 0. The van der Waals surface area contributed by atoms with Crippen molar-refractivity contribution in [2.75, 3.05) is 59.5 Å². The van der Waals surface area contributed by atoms with Gasteiger partial charge in [0.05, 0.1) is 52.9 Å². The highest BCUT2D eigenvalue weighted by atomic mass is 16.5. The molecule has 0 aliphatic heterocycles. The molecule has 0 rings (SSSR count). The molecule has 0 atom stereocenters. The Kier molecular flexibility index (Phi) is 23.1. The Morgan fingerprint density at radius 2 is 1.20 bits per heavy atom. The molecule has 0 bridgehead atoms. The van der Waals surface area contributed by atoms with Crippen molar-refractivity contribution < 1.29 is 34.6 Å². The van der Waals surface area contributed by atoms with Crippen LogP contribution in [-0.2, 0) is 14.2 Å². The van der Waals surface area contributed by atoms with E-state index in [1.807, 2.05) is 0 Å². The molecule has 0 radical (unpaired) electrons. The summed E-state index contributed by atoms with van der Waals surface area (Å²) in [4.78, 5) is 0. The summed E-state index contributed by atoms with van der Waals surface area (Å²) in [5, 5.41) is 32.4. The van der Waals surface area contributed by atoms with Gasteiger partial charge in [-0.1, -0.05) is 13.3 Å². The van der Waals surface area contributed by atoms with Crippen molar-refractivity contribution in [2.24, 2.45) is 0 Å². The zero-order valence-corrected chi connectivity index (χ0v) is 12.4. The second-order valence-corrected chi connectivity index (χ2v) is 3.93. The first-order chi connectivity index (χ1) is 9.72. The van der Waals surface area contributed by atoms with Gasteiger partial charge in [0.25, 0.3) is 0 Å². The largest absolute Gasteiger partial charge is 0.394 e. The van der Waals surface area contributed by atoms with Crippen molar-refractivity contribution in [3.8, 4) is 0 Å². The van der Waals surface area contributed by atoms with E-state index in [0.29, 0.717) is 33.0 Å². The van der Waals surface area contributed by atoms with Gasteiger partial charge in [-0.25, -0.2) is 0 Å². The fourth-order valence-electron chi connectivity index (χ4n) is 0.911. The molecule has 0 heterocycles. The quantitative estimate of drug-likeness (QED) is 0.328. The number of hydrogen-bond acceptors (Lipinski definition) is 7. The van der Waals surface area contributed by atoms with Gasteiger partial charge in [0.1, 0.15) is 6.10 Å². The molecule has 0 unspecified atom stereocenters. The van der Waals surface area contributed by atoms with Crippen LogP contribution in [0, 0.1) is 0 Å². The lowest BCUT2D eigenvalue weighted by Crippen LogP contribution is -2.15. The van der Waals surface area contributed by atoms with Crippen molar-refractivity contribution in [1.29, 1.82) is 0 Å². The zero-order chi connectivity index (χ0) is 15.5. The molecule has 7 heteroatoms. The second kappa shape index (κ2) is 21.0. The molecule has 0 aliphatic carbocycles. The normalized spacial score (nSPS) is 10.5. The van der Waals surface area contributed by atoms with E-state index < -0.39 is 6.10 Å². The van der Waals surface area contributed by atoms with Gasteiger partial charge in [-0.05, 0) is 6.42 Å². The Labute approximate surface area is 121 Å². The average molecular weight is 298 g/mol. The molecule has 0 saturated carbocycles. The van der Waals surface area contributed by atoms with Crippen LogP contribution in [0.5, 0.6) is 0 Å². The van der Waals surface area contributed by atoms with Gasteiger partial charge in [0, 0.05) is 6.61 Å². The lowest BCUT2D eigenvalue weighted by Gasteiger charge is -2.05. The summed E-state index contributed by atoms with van der Waals surface area (Å²) in [6, 6.07) is 0. The third-order valence-corrected chi connectivity index (χ3v) is 2.04. The van der Waals surface area contributed by atoms with E-state index in [0.717, 1.165) is 19.4 Å². The Morgan fingerprint density at radius 3 is 1.55 bits per heavy atom. The summed E-state index contributed by atoms with van der Waals surface area (Å²) in [7, 11) is 0. The van der Waals surface area contributed by atoms with Crippen LogP contribution in [0.3, 0.4) is 0 Å². The zero-order valence-electron chi connectivity index (χ0n) is 12.4. The molecule has 0 fully saturated rings. The van der Waals surface area contributed by atoms with Crippen molar-refractivity contribution in [3.05, 3.63) is 0 Å². The van der Waals surface area contributed by atoms with E-state index in [9.17, 15) is 0 Å². The molecule has 0 aromatic rings. The molecule has 20 heavy (non-hydrogen) atoms. The topological polar surface area (TPSA) is 109 Å². The summed E-state index contributed by atoms with van der Waals surface area (Å²) < 4.78 is 15.5. The molecule has 0 spiro atoms. The first kappa shape index (κ1) is 22.0. The second-order valence-electron chi connectivity index (χ2n) is 3.93. The van der Waals surface area contributed by atoms with Gasteiger partial charge >= 0.3 is 0 Å². The number of rotatable bonds is 13. The predicted octanol–water partition coefficient (Wildman–Crippen LogP) is -0.839. The maximum Gasteiger partial charge on any atom is 0.100 e. The van der Waals surface area contributed by atoms with Crippen LogP contribution >= 0.6 is 0 Å². The fourth-order valence-corrected chi connectivity index (χ4v) is 0.911. The molecule has 0 aliphatic rings. The van der Waals surface area contributed by atoms with Crippen LogP contribution in [0.1, 0.15) is 19.8 Å². The standard InChI is InChI=1S/C10H22O4.C3H8O3/c1-2-3-5-12-7-9-14-10-8-13-6-4-11;4-1-3(6)2-5/h11H,2-10H2,1H3;3-6H,1-2H2. The van der Waals surface area contributed by atoms with Crippen molar-refractivity contribution >= 4 is 0 Å². The molecule has 7 nitrogen and oxygen atoms in total. The average Bonchev–Trinajstić information content (AvgIpc) is 2.49. The lowest BCUT2D eigenvalue weighted by atomic mass is 10.4. The summed E-state index contributed by atoms with van der Waals surface area (Å²) in [6.45, 7) is 5.06. The first-order valence-corrected chi connectivity index (χ1v) is 6.96. The number of hydrogen-bond donors (Lipinski definition) is 4. The van der Waals surface area contributed by atoms with Crippen LogP contribution < -0.4 is 0 Å². The minimum absolute atomic E-state index is 0.0696. The highest BCUT2D eigenvalue weighted by Crippen LogP contribution is 1.87. The predicted molar refractivity (Wildman–Crippen MR) is 74.6 cm³/mol. The highest BCUT2D eigenvalue weighted by molar-refractivity contribution is 4.44. The van der Waals surface area contributed by atoms with E-state index in [1.165, 1.54) is 0 Å². The molecule has 0 aromatic carbocycles. The third-order valence-electron chi connectivity index (χ3n) is 2.04. The molecule has 124 valence electrons. The van der Waals surface area contributed by atoms with Gasteiger partial charge in [-0.2, -0.15) is 0 Å². The Bertz CT molecular complexity index is 142. The Hall–Kier alpha value is -0.280. The van der Waals surface area contributed by atoms with Crippen LogP contribution in [0.15, 0.2) is 0 Å². The van der Waals surface area contributed by atoms with Crippen LogP contribution in [0.4, 0.5) is 0 Å². The van der Waals surface area contributed by atoms with Crippen LogP contribution in [0.2, 0.25) is 0 Å². The van der Waals surface area contributed by atoms with Gasteiger partial charge < -0.3 is 34.6 Å². The number of ether oxygens (including phenoxy) is 3. The smallest absolute Gasteiger partial charge is 0.100 e. The highest BCUT2D eigenvalue weighted by Gasteiger charge is 1.93. The molecular weight excluding hydrogens is 268 g/mol. The monoisotopic (exact) mass is 298 g/mol. The summed E-state index contributed by atoms with van der Waals surface area (Å²) in [6.07, 6.45) is 1.32. The number of aliphatic hydroxyl groups excluding tert-OH is 4. The summed E-state index contributed by atoms with van der Waals surface area (Å²) in [5.41, 5.74) is 0. The Morgan fingerprint density at radius 1 is 0.750 bits per heavy atom. The van der Waals surface area contributed by atoms with Crippen LogP contribution in [-0.4, -0.2) is 86.0 Å². The van der Waals surface area contributed by atoms with E-state index >= 15 is 0 Å². The van der Waals surface area contributed by atoms with Crippen molar-refractivity contribution in [1.82, 2.24) is 0 Å². The lowest BCUT2D eigenvalue weighted by molar-refractivity contribution is 0.00735. The van der Waals surface area contributed by atoms with E-state index in [4.69, 9.17) is 34.6 Å². The van der Waals surface area contributed by atoms with E-state index in [-0.39, 0.29) is 19.8 Å². The summed E-state index contributed by atoms with van der Waals surface area (Å²) >= 11 is 0. The van der Waals surface area contributed by atoms with Gasteiger partial charge in [0.15, 0.2) is 0 Å².